The quantitative estimate of drug-likeness (QED) is 0.786. The lowest BCUT2D eigenvalue weighted by Gasteiger charge is -2.17. The third kappa shape index (κ3) is 4.08. The van der Waals surface area contributed by atoms with Crippen molar-refractivity contribution in [3.8, 4) is 10.8 Å². The molecule has 2 rings (SSSR count). The molecule has 19 heavy (non-hydrogen) atoms. The molecule has 0 aliphatic carbocycles. The molecule has 0 amide bonds. The number of aliphatic hydroxyl groups is 2. The van der Waals surface area contributed by atoms with Gasteiger partial charge in [-0.15, -0.1) is 21.5 Å². The van der Waals surface area contributed by atoms with E-state index in [-0.39, 0.29) is 13.2 Å². The Kier molecular flexibility index (Phi) is 5.46. The Morgan fingerprint density at radius 3 is 2.53 bits per heavy atom. The van der Waals surface area contributed by atoms with Crippen LogP contribution in [0, 0.1) is 0 Å². The van der Waals surface area contributed by atoms with Crippen molar-refractivity contribution in [1.82, 2.24) is 15.1 Å². The van der Waals surface area contributed by atoms with Crippen molar-refractivity contribution in [2.45, 2.75) is 6.54 Å². The van der Waals surface area contributed by atoms with Crippen molar-refractivity contribution in [3.63, 3.8) is 0 Å². The van der Waals surface area contributed by atoms with Gasteiger partial charge in [0, 0.05) is 13.1 Å². The van der Waals surface area contributed by atoms with Gasteiger partial charge in [-0.2, -0.15) is 0 Å². The van der Waals surface area contributed by atoms with Crippen LogP contribution in [0.5, 0.6) is 0 Å². The monoisotopic (exact) mass is 347 g/mol. The van der Waals surface area contributed by atoms with Gasteiger partial charge in [0.15, 0.2) is 0 Å². The molecule has 0 aliphatic heterocycles. The van der Waals surface area contributed by atoms with Crippen LogP contribution in [0.15, 0.2) is 20.3 Å². The SMILES string of the molecule is OCCN(CCO)Cc1nnc(-c2ccc(Br)s2)o1. The standard InChI is InChI=1S/C11H14BrN3O3S/c12-9-2-1-8(19-9)11-14-13-10(18-11)7-15(3-5-16)4-6-17/h1-2,16-17H,3-7H2. The Morgan fingerprint density at radius 2 is 1.95 bits per heavy atom. The third-order valence-electron chi connectivity index (χ3n) is 2.44. The Bertz CT molecular complexity index is 511. The Hall–Kier alpha value is -0.800. The summed E-state index contributed by atoms with van der Waals surface area (Å²) < 4.78 is 6.57. The van der Waals surface area contributed by atoms with Crippen molar-refractivity contribution in [1.29, 1.82) is 0 Å². The zero-order valence-corrected chi connectivity index (χ0v) is 12.5. The molecule has 104 valence electrons. The molecule has 0 fully saturated rings. The summed E-state index contributed by atoms with van der Waals surface area (Å²) in [6.45, 7) is 1.39. The molecule has 2 aromatic heterocycles. The minimum atomic E-state index is 0.0267. The van der Waals surface area contributed by atoms with Crippen molar-refractivity contribution in [2.24, 2.45) is 0 Å². The topological polar surface area (TPSA) is 82.6 Å². The molecule has 0 spiro atoms. The van der Waals surface area contributed by atoms with Gasteiger partial charge in [-0.05, 0) is 28.1 Å². The van der Waals surface area contributed by atoms with Gasteiger partial charge in [0.2, 0.25) is 5.89 Å². The van der Waals surface area contributed by atoms with Crippen LogP contribution < -0.4 is 0 Å². The summed E-state index contributed by atoms with van der Waals surface area (Å²) in [5, 5.41) is 25.8. The van der Waals surface area contributed by atoms with Crippen LogP contribution in [0.1, 0.15) is 5.89 Å². The first kappa shape index (κ1) is 14.6. The number of rotatable bonds is 7. The van der Waals surface area contributed by atoms with Gasteiger partial charge in [0.05, 0.1) is 28.4 Å². The normalized spacial score (nSPS) is 11.4. The predicted molar refractivity (Wildman–Crippen MR) is 74.8 cm³/mol. The van der Waals surface area contributed by atoms with E-state index in [9.17, 15) is 0 Å². The predicted octanol–water partition coefficient (Wildman–Crippen LogP) is 1.35. The van der Waals surface area contributed by atoms with Crippen LogP contribution in [0.25, 0.3) is 10.8 Å². The molecule has 2 heterocycles. The summed E-state index contributed by atoms with van der Waals surface area (Å²) in [6, 6.07) is 3.83. The third-order valence-corrected chi connectivity index (χ3v) is 4.05. The summed E-state index contributed by atoms with van der Waals surface area (Å²) in [5.74, 6) is 0.958. The van der Waals surface area contributed by atoms with E-state index in [0.29, 0.717) is 31.4 Å². The first-order chi connectivity index (χ1) is 9.22. The molecule has 0 radical (unpaired) electrons. The van der Waals surface area contributed by atoms with E-state index < -0.39 is 0 Å². The second kappa shape index (κ2) is 7.11. The summed E-state index contributed by atoms with van der Waals surface area (Å²) >= 11 is 4.90. The molecule has 0 aromatic carbocycles. The van der Waals surface area contributed by atoms with Gasteiger partial charge >= 0.3 is 0 Å². The summed E-state index contributed by atoms with van der Waals surface area (Å²) in [5.41, 5.74) is 0. The maximum absolute atomic E-state index is 8.93. The van der Waals surface area contributed by atoms with Crippen molar-refractivity contribution < 1.29 is 14.6 Å². The van der Waals surface area contributed by atoms with Crippen molar-refractivity contribution in [2.75, 3.05) is 26.3 Å². The van der Waals surface area contributed by atoms with Crippen LogP contribution in [-0.2, 0) is 6.54 Å². The van der Waals surface area contributed by atoms with Crippen molar-refractivity contribution >= 4 is 27.3 Å². The van der Waals surface area contributed by atoms with Crippen LogP contribution in [0.4, 0.5) is 0 Å². The zero-order chi connectivity index (χ0) is 13.7. The number of aliphatic hydroxyl groups excluding tert-OH is 2. The number of nitrogens with zero attached hydrogens (tertiary/aromatic N) is 3. The lowest BCUT2D eigenvalue weighted by atomic mass is 10.4. The average molecular weight is 348 g/mol. The van der Waals surface area contributed by atoms with E-state index in [1.54, 1.807) is 0 Å². The lowest BCUT2D eigenvalue weighted by molar-refractivity contribution is 0.147. The van der Waals surface area contributed by atoms with E-state index in [1.165, 1.54) is 11.3 Å². The Balaban J connectivity index is 2.03. The van der Waals surface area contributed by atoms with Gasteiger partial charge in [-0.1, -0.05) is 0 Å². The van der Waals surface area contributed by atoms with E-state index in [0.717, 1.165) is 8.66 Å². The highest BCUT2D eigenvalue weighted by Crippen LogP contribution is 2.30. The van der Waals surface area contributed by atoms with Crippen molar-refractivity contribution in [3.05, 3.63) is 21.8 Å². The van der Waals surface area contributed by atoms with E-state index in [4.69, 9.17) is 14.6 Å². The highest BCUT2D eigenvalue weighted by atomic mass is 79.9. The van der Waals surface area contributed by atoms with Gasteiger partial charge in [-0.3, -0.25) is 4.90 Å². The van der Waals surface area contributed by atoms with Crippen LogP contribution in [0.3, 0.4) is 0 Å². The summed E-state index contributed by atoms with van der Waals surface area (Å²) in [7, 11) is 0. The number of halogens is 1. The lowest BCUT2D eigenvalue weighted by Crippen LogP contribution is -2.29. The summed E-state index contributed by atoms with van der Waals surface area (Å²) in [6.07, 6.45) is 0. The van der Waals surface area contributed by atoms with Crippen LogP contribution in [0.2, 0.25) is 0 Å². The highest BCUT2D eigenvalue weighted by molar-refractivity contribution is 9.11. The second-order valence-electron chi connectivity index (χ2n) is 3.83. The number of hydrogen-bond donors (Lipinski definition) is 2. The zero-order valence-electron chi connectivity index (χ0n) is 10.1. The van der Waals surface area contributed by atoms with E-state index >= 15 is 0 Å². The first-order valence-corrected chi connectivity index (χ1v) is 7.36. The largest absolute Gasteiger partial charge is 0.419 e. The molecule has 0 saturated carbocycles. The molecule has 2 N–H and O–H groups in total. The molecule has 8 heteroatoms. The molecule has 0 bridgehead atoms. The molecule has 2 aromatic rings. The molecular weight excluding hydrogens is 334 g/mol. The maximum atomic E-state index is 8.93. The maximum Gasteiger partial charge on any atom is 0.257 e. The second-order valence-corrected chi connectivity index (χ2v) is 6.29. The fourth-order valence-electron chi connectivity index (χ4n) is 1.59. The summed E-state index contributed by atoms with van der Waals surface area (Å²) in [4.78, 5) is 2.75. The minimum absolute atomic E-state index is 0.0267. The number of hydrogen-bond acceptors (Lipinski definition) is 7. The Labute approximate surface area is 122 Å². The van der Waals surface area contributed by atoms with Crippen LogP contribution in [-0.4, -0.2) is 51.6 Å². The van der Waals surface area contributed by atoms with E-state index in [2.05, 4.69) is 26.1 Å². The fourth-order valence-corrected chi connectivity index (χ4v) is 2.90. The van der Waals surface area contributed by atoms with Gasteiger partial charge in [-0.25, -0.2) is 0 Å². The fraction of sp³-hybridized carbons (Fsp3) is 0.455. The molecule has 0 saturated heterocycles. The smallest absolute Gasteiger partial charge is 0.257 e. The molecule has 6 nitrogen and oxygen atoms in total. The first-order valence-electron chi connectivity index (χ1n) is 5.75. The molecule has 0 unspecified atom stereocenters. The Morgan fingerprint density at radius 1 is 1.21 bits per heavy atom. The minimum Gasteiger partial charge on any atom is -0.419 e. The van der Waals surface area contributed by atoms with Crippen LogP contribution >= 0.6 is 27.3 Å². The number of thiophene rings is 1. The van der Waals surface area contributed by atoms with Gasteiger partial charge in [0.1, 0.15) is 0 Å². The molecule has 0 atom stereocenters. The highest BCUT2D eigenvalue weighted by Gasteiger charge is 2.13. The van der Waals surface area contributed by atoms with E-state index in [1.807, 2.05) is 17.0 Å². The molecular formula is C11H14BrN3O3S. The van der Waals surface area contributed by atoms with Gasteiger partial charge < -0.3 is 14.6 Å². The average Bonchev–Trinajstić information content (AvgIpc) is 2.99. The van der Waals surface area contributed by atoms with Gasteiger partial charge in [0.25, 0.3) is 5.89 Å². The molecule has 0 aliphatic rings. The number of aromatic nitrogens is 2.